The van der Waals surface area contributed by atoms with E-state index in [1.165, 1.54) is 0 Å². The first-order chi connectivity index (χ1) is 7.41. The van der Waals surface area contributed by atoms with Gasteiger partial charge in [0.15, 0.2) is 0 Å². The maximum Gasteiger partial charge on any atom is 0.274 e. The van der Waals surface area contributed by atoms with E-state index in [0.717, 1.165) is 18.2 Å². The molecule has 0 saturated heterocycles. The second kappa shape index (κ2) is 4.93. The highest BCUT2D eigenvalue weighted by Crippen LogP contribution is 2.27. The Morgan fingerprint density at radius 3 is 2.56 bits per heavy atom. The normalized spacial score (nSPS) is 12.8. The summed E-state index contributed by atoms with van der Waals surface area (Å²) in [7, 11) is 0. The molecule has 0 aliphatic rings. The lowest BCUT2D eigenvalue weighted by Crippen LogP contribution is -2.15. The predicted molar refractivity (Wildman–Crippen MR) is 50.6 cm³/mol. The second-order valence-electron chi connectivity index (χ2n) is 3.19. The number of nitro benzene ring substituents is 1. The second-order valence-corrected chi connectivity index (χ2v) is 3.19. The molecule has 0 aliphatic heterocycles. The molecule has 0 spiro atoms. The molecule has 88 valence electrons. The average Bonchev–Trinajstić information content (AvgIpc) is 2.15. The van der Waals surface area contributed by atoms with Crippen molar-refractivity contribution >= 4 is 5.69 Å². The molecule has 1 atom stereocenters. The molecule has 7 heteroatoms. The third-order valence-electron chi connectivity index (χ3n) is 2.02. The zero-order chi connectivity index (χ0) is 12.3. The lowest BCUT2D eigenvalue weighted by Gasteiger charge is -2.11. The largest absolute Gasteiger partial charge is 0.324 e. The van der Waals surface area contributed by atoms with Crippen LogP contribution < -0.4 is 5.73 Å². The van der Waals surface area contributed by atoms with Crippen LogP contribution in [0.1, 0.15) is 18.0 Å². The first-order valence-electron chi connectivity index (χ1n) is 4.39. The Kier molecular flexibility index (Phi) is 3.83. The summed E-state index contributed by atoms with van der Waals surface area (Å²) < 4.78 is 37.0. The molecule has 0 radical (unpaired) electrons. The van der Waals surface area contributed by atoms with Crippen molar-refractivity contribution in [2.24, 2.45) is 5.73 Å². The minimum Gasteiger partial charge on any atom is -0.324 e. The number of benzene rings is 1. The molecule has 0 fully saturated rings. The van der Waals surface area contributed by atoms with E-state index in [9.17, 15) is 23.3 Å². The van der Waals surface area contributed by atoms with Crippen LogP contribution in [0.5, 0.6) is 0 Å². The van der Waals surface area contributed by atoms with Gasteiger partial charge in [0.1, 0.15) is 5.82 Å². The van der Waals surface area contributed by atoms with Crippen LogP contribution in [-0.2, 0) is 0 Å². The number of nitro groups is 1. The first kappa shape index (κ1) is 12.4. The van der Waals surface area contributed by atoms with Crippen molar-refractivity contribution < 1.29 is 18.1 Å². The van der Waals surface area contributed by atoms with Crippen molar-refractivity contribution in [1.29, 1.82) is 0 Å². The molecule has 0 heterocycles. The summed E-state index contributed by atoms with van der Waals surface area (Å²) in [6.07, 6.45) is -3.44. The van der Waals surface area contributed by atoms with E-state index >= 15 is 0 Å². The van der Waals surface area contributed by atoms with Crippen LogP contribution in [0.2, 0.25) is 0 Å². The summed E-state index contributed by atoms with van der Waals surface area (Å²) in [5.74, 6) is -0.745. The molecule has 1 aromatic carbocycles. The zero-order valence-electron chi connectivity index (χ0n) is 8.07. The molecular weight excluding hydrogens is 225 g/mol. The highest BCUT2D eigenvalue weighted by molar-refractivity contribution is 5.42. The predicted octanol–water partition coefficient (Wildman–Crippen LogP) is 2.39. The minimum atomic E-state index is -2.70. The smallest absolute Gasteiger partial charge is 0.274 e. The van der Waals surface area contributed by atoms with Gasteiger partial charge >= 0.3 is 0 Å². The Morgan fingerprint density at radius 2 is 2.06 bits per heavy atom. The summed E-state index contributed by atoms with van der Waals surface area (Å²) in [6.45, 7) is 0. The van der Waals surface area contributed by atoms with Crippen LogP contribution in [0.25, 0.3) is 0 Å². The van der Waals surface area contributed by atoms with E-state index in [1.54, 1.807) is 0 Å². The number of halogens is 3. The molecule has 2 N–H and O–H groups in total. The van der Waals surface area contributed by atoms with Gasteiger partial charge in [-0.25, -0.2) is 13.2 Å². The molecule has 0 unspecified atom stereocenters. The van der Waals surface area contributed by atoms with Gasteiger partial charge in [-0.3, -0.25) is 10.1 Å². The first-order valence-corrected chi connectivity index (χ1v) is 4.39. The van der Waals surface area contributed by atoms with Gasteiger partial charge in [0, 0.05) is 24.1 Å². The number of hydrogen-bond donors (Lipinski definition) is 1. The van der Waals surface area contributed by atoms with Gasteiger partial charge in [-0.1, -0.05) is 0 Å². The average molecular weight is 234 g/mol. The summed E-state index contributed by atoms with van der Waals surface area (Å²) in [6, 6.07) is 1.36. The van der Waals surface area contributed by atoms with Gasteiger partial charge < -0.3 is 5.73 Å². The van der Waals surface area contributed by atoms with Crippen molar-refractivity contribution in [3.8, 4) is 0 Å². The van der Waals surface area contributed by atoms with Crippen molar-refractivity contribution in [3.63, 3.8) is 0 Å². The highest BCUT2D eigenvalue weighted by Gasteiger charge is 2.22. The fourth-order valence-electron chi connectivity index (χ4n) is 1.31. The Hall–Kier alpha value is -1.63. The molecule has 4 nitrogen and oxygen atoms in total. The molecule has 0 aromatic heterocycles. The van der Waals surface area contributed by atoms with Gasteiger partial charge in [-0.05, 0) is 12.1 Å². The van der Waals surface area contributed by atoms with Crippen molar-refractivity contribution in [2.45, 2.75) is 18.9 Å². The van der Waals surface area contributed by atoms with Crippen molar-refractivity contribution in [3.05, 3.63) is 39.7 Å². The van der Waals surface area contributed by atoms with E-state index in [4.69, 9.17) is 5.73 Å². The van der Waals surface area contributed by atoms with E-state index in [2.05, 4.69) is 0 Å². The number of alkyl halides is 2. The SMILES string of the molecule is N[C@H](CC(F)F)c1cc(F)ccc1[N+](=O)[O-]. The van der Waals surface area contributed by atoms with Crippen molar-refractivity contribution in [2.75, 3.05) is 0 Å². The molecule has 0 saturated carbocycles. The topological polar surface area (TPSA) is 69.2 Å². The van der Waals surface area contributed by atoms with Crippen LogP contribution >= 0.6 is 0 Å². The molecule has 0 bridgehead atoms. The molecule has 16 heavy (non-hydrogen) atoms. The van der Waals surface area contributed by atoms with E-state index in [1.807, 2.05) is 0 Å². The third kappa shape index (κ3) is 2.93. The summed E-state index contributed by atoms with van der Waals surface area (Å²) >= 11 is 0. The van der Waals surface area contributed by atoms with Crippen LogP contribution in [0, 0.1) is 15.9 Å². The number of rotatable bonds is 4. The monoisotopic (exact) mass is 234 g/mol. The molecule has 0 aliphatic carbocycles. The Morgan fingerprint density at radius 1 is 1.44 bits per heavy atom. The number of hydrogen-bond acceptors (Lipinski definition) is 3. The van der Waals surface area contributed by atoms with Gasteiger partial charge in [0.25, 0.3) is 5.69 Å². The lowest BCUT2D eigenvalue weighted by atomic mass is 10.0. The van der Waals surface area contributed by atoms with Gasteiger partial charge in [0.05, 0.1) is 4.92 Å². The van der Waals surface area contributed by atoms with Gasteiger partial charge in [0.2, 0.25) is 6.43 Å². The third-order valence-corrected chi connectivity index (χ3v) is 2.02. The van der Waals surface area contributed by atoms with Gasteiger partial charge in [-0.15, -0.1) is 0 Å². The maximum atomic E-state index is 12.8. The summed E-state index contributed by atoms with van der Waals surface area (Å²) in [5, 5.41) is 10.6. The van der Waals surface area contributed by atoms with Crippen LogP contribution in [-0.4, -0.2) is 11.3 Å². The molecule has 1 aromatic rings. The zero-order valence-corrected chi connectivity index (χ0v) is 8.07. The molecule has 1 rings (SSSR count). The number of nitrogens with two attached hydrogens (primary N) is 1. The Bertz CT molecular complexity index is 398. The molecule has 0 amide bonds. The standard InChI is InChI=1S/C9H9F3N2O2/c10-5-1-2-8(14(15)16)6(3-5)7(13)4-9(11)12/h1-3,7,9H,4,13H2/t7-/m1/s1. The van der Waals surface area contributed by atoms with Crippen molar-refractivity contribution in [1.82, 2.24) is 0 Å². The fourth-order valence-corrected chi connectivity index (χ4v) is 1.31. The minimum absolute atomic E-state index is 0.217. The van der Waals surface area contributed by atoms with Crippen LogP contribution in [0.3, 0.4) is 0 Å². The van der Waals surface area contributed by atoms with Gasteiger partial charge in [-0.2, -0.15) is 0 Å². The van der Waals surface area contributed by atoms with Crippen LogP contribution in [0.15, 0.2) is 18.2 Å². The molecular formula is C9H9F3N2O2. The highest BCUT2D eigenvalue weighted by atomic mass is 19.3. The lowest BCUT2D eigenvalue weighted by molar-refractivity contribution is -0.385. The summed E-state index contributed by atoms with van der Waals surface area (Å²) in [4.78, 5) is 9.79. The Labute approximate surface area is 89.0 Å². The maximum absolute atomic E-state index is 12.8. The van der Waals surface area contributed by atoms with E-state index in [-0.39, 0.29) is 5.56 Å². The van der Waals surface area contributed by atoms with E-state index < -0.39 is 35.3 Å². The van der Waals surface area contributed by atoms with Crippen LogP contribution in [0.4, 0.5) is 18.9 Å². The van der Waals surface area contributed by atoms with E-state index in [0.29, 0.717) is 0 Å². The number of nitrogens with zero attached hydrogens (tertiary/aromatic N) is 1. The Balaban J connectivity index is 3.09. The fraction of sp³-hybridized carbons (Fsp3) is 0.333. The summed E-state index contributed by atoms with van der Waals surface area (Å²) in [5.41, 5.74) is 4.69. The quantitative estimate of drug-likeness (QED) is 0.642.